The minimum Gasteiger partial charge on any atom is -0.477 e. The van der Waals surface area contributed by atoms with E-state index in [1.54, 1.807) is 0 Å². The molecule has 0 bridgehead atoms. The topological polar surface area (TPSA) is 132 Å². The van der Waals surface area contributed by atoms with E-state index in [1.807, 2.05) is 0 Å². The number of nitrogen functional groups attached to an aromatic ring is 1. The van der Waals surface area contributed by atoms with Crippen LogP contribution in [-0.2, 0) is 0 Å². The largest absolute Gasteiger partial charge is 0.477 e. The molecule has 0 atom stereocenters. The molecule has 0 amide bonds. The summed E-state index contributed by atoms with van der Waals surface area (Å²) in [7, 11) is 0. The van der Waals surface area contributed by atoms with Crippen molar-refractivity contribution in [3.8, 4) is 11.4 Å². The molecule has 0 spiro atoms. The van der Waals surface area contributed by atoms with E-state index in [9.17, 15) is 14.9 Å². The Labute approximate surface area is 106 Å². The van der Waals surface area contributed by atoms with Gasteiger partial charge in [-0.2, -0.15) is 0 Å². The van der Waals surface area contributed by atoms with E-state index in [-0.39, 0.29) is 22.9 Å². The van der Waals surface area contributed by atoms with Crippen molar-refractivity contribution in [2.24, 2.45) is 0 Å². The summed E-state index contributed by atoms with van der Waals surface area (Å²) in [5.41, 5.74) is 5.76. The van der Waals surface area contributed by atoms with Crippen molar-refractivity contribution in [1.29, 1.82) is 0 Å². The number of rotatable bonds is 3. The van der Waals surface area contributed by atoms with Crippen LogP contribution in [0.5, 0.6) is 0 Å². The Morgan fingerprint density at radius 2 is 1.95 bits per heavy atom. The fourth-order valence-electron chi connectivity index (χ4n) is 1.43. The Morgan fingerprint density at radius 3 is 2.42 bits per heavy atom. The first-order chi connectivity index (χ1) is 8.99. The lowest BCUT2D eigenvalue weighted by molar-refractivity contribution is -0.384. The molecule has 0 saturated heterocycles. The van der Waals surface area contributed by atoms with Crippen LogP contribution in [0, 0.1) is 10.1 Å². The lowest BCUT2D eigenvalue weighted by Gasteiger charge is -2.03. The molecule has 2 aromatic rings. The fraction of sp³-hybridized carbons (Fsp3) is 0. The molecule has 2 rings (SSSR count). The van der Waals surface area contributed by atoms with Crippen molar-refractivity contribution in [2.45, 2.75) is 0 Å². The lowest BCUT2D eigenvalue weighted by Crippen LogP contribution is -2.06. The quantitative estimate of drug-likeness (QED) is 0.628. The summed E-state index contributed by atoms with van der Waals surface area (Å²) >= 11 is 0. The van der Waals surface area contributed by atoms with Gasteiger partial charge in [0.1, 0.15) is 11.4 Å². The van der Waals surface area contributed by atoms with Crippen molar-refractivity contribution in [2.75, 3.05) is 5.73 Å². The SMILES string of the molecule is Nc1nc(-c2ccc([N+](=O)[O-])cc2)ncc1C(=O)O. The predicted octanol–water partition coefficient (Wildman–Crippen LogP) is 1.33. The molecular weight excluding hydrogens is 252 g/mol. The predicted molar refractivity (Wildman–Crippen MR) is 65.5 cm³/mol. The third-order valence-electron chi connectivity index (χ3n) is 2.38. The minimum absolute atomic E-state index is 0.0566. The van der Waals surface area contributed by atoms with E-state index >= 15 is 0 Å². The molecular formula is C11H8N4O4. The zero-order valence-corrected chi connectivity index (χ0v) is 9.48. The molecule has 3 N–H and O–H groups in total. The summed E-state index contributed by atoms with van der Waals surface area (Å²) in [5.74, 6) is -1.17. The third kappa shape index (κ3) is 2.46. The molecule has 0 aliphatic rings. The van der Waals surface area contributed by atoms with Crippen LogP contribution in [0.25, 0.3) is 11.4 Å². The van der Waals surface area contributed by atoms with E-state index in [2.05, 4.69) is 9.97 Å². The summed E-state index contributed by atoms with van der Waals surface area (Å²) in [5, 5.41) is 19.3. The first-order valence-corrected chi connectivity index (χ1v) is 5.09. The third-order valence-corrected chi connectivity index (χ3v) is 2.38. The maximum Gasteiger partial charge on any atom is 0.341 e. The number of hydrogen-bond donors (Lipinski definition) is 2. The molecule has 0 saturated carbocycles. The van der Waals surface area contributed by atoms with Gasteiger partial charge in [-0.05, 0) is 12.1 Å². The summed E-state index contributed by atoms with van der Waals surface area (Å²) in [6.45, 7) is 0. The molecule has 0 aliphatic heterocycles. The Kier molecular flexibility index (Phi) is 3.06. The first kappa shape index (κ1) is 12.4. The molecule has 1 heterocycles. The average Bonchev–Trinajstić information content (AvgIpc) is 2.38. The monoisotopic (exact) mass is 260 g/mol. The summed E-state index contributed by atoms with van der Waals surface area (Å²) in [6, 6.07) is 5.54. The number of aromatic nitrogens is 2. The van der Waals surface area contributed by atoms with Crippen LogP contribution in [0.2, 0.25) is 0 Å². The number of carbonyl (C=O) groups is 1. The summed E-state index contributed by atoms with van der Waals surface area (Å²) in [4.78, 5) is 28.5. The Balaban J connectivity index is 2.39. The molecule has 8 heteroatoms. The van der Waals surface area contributed by atoms with Crippen LogP contribution in [0.15, 0.2) is 30.5 Å². The molecule has 0 unspecified atom stereocenters. The zero-order valence-electron chi connectivity index (χ0n) is 9.48. The highest BCUT2D eigenvalue weighted by atomic mass is 16.6. The van der Waals surface area contributed by atoms with E-state index in [1.165, 1.54) is 24.3 Å². The van der Waals surface area contributed by atoms with Gasteiger partial charge in [-0.25, -0.2) is 14.8 Å². The minimum atomic E-state index is -1.22. The van der Waals surface area contributed by atoms with Crippen molar-refractivity contribution < 1.29 is 14.8 Å². The van der Waals surface area contributed by atoms with Gasteiger partial charge in [-0.3, -0.25) is 10.1 Å². The number of anilines is 1. The molecule has 1 aromatic carbocycles. The highest BCUT2D eigenvalue weighted by Gasteiger charge is 2.12. The molecule has 19 heavy (non-hydrogen) atoms. The number of benzene rings is 1. The van der Waals surface area contributed by atoms with Gasteiger partial charge in [0.05, 0.1) is 4.92 Å². The van der Waals surface area contributed by atoms with Gasteiger partial charge < -0.3 is 10.8 Å². The van der Waals surface area contributed by atoms with Gasteiger partial charge in [0.15, 0.2) is 5.82 Å². The summed E-state index contributed by atoms with van der Waals surface area (Å²) in [6.07, 6.45) is 1.10. The number of non-ortho nitro benzene ring substituents is 1. The van der Waals surface area contributed by atoms with Gasteiger partial charge >= 0.3 is 5.97 Å². The Bertz CT molecular complexity index is 654. The Hall–Kier alpha value is -3.03. The van der Waals surface area contributed by atoms with E-state index in [4.69, 9.17) is 10.8 Å². The highest BCUT2D eigenvalue weighted by molar-refractivity contribution is 5.92. The van der Waals surface area contributed by atoms with Crippen molar-refractivity contribution >= 4 is 17.5 Å². The van der Waals surface area contributed by atoms with Gasteiger partial charge in [0.2, 0.25) is 0 Å². The van der Waals surface area contributed by atoms with Crippen LogP contribution < -0.4 is 5.73 Å². The number of nitro groups is 1. The molecule has 0 fully saturated rings. The van der Waals surface area contributed by atoms with Crippen molar-refractivity contribution in [3.63, 3.8) is 0 Å². The second-order valence-corrected chi connectivity index (χ2v) is 3.60. The smallest absolute Gasteiger partial charge is 0.341 e. The molecule has 1 aromatic heterocycles. The molecule has 0 radical (unpaired) electrons. The highest BCUT2D eigenvalue weighted by Crippen LogP contribution is 2.20. The summed E-state index contributed by atoms with van der Waals surface area (Å²) < 4.78 is 0. The van der Waals surface area contributed by atoms with E-state index in [0.29, 0.717) is 5.56 Å². The van der Waals surface area contributed by atoms with Crippen molar-refractivity contribution in [1.82, 2.24) is 9.97 Å². The van der Waals surface area contributed by atoms with Crippen LogP contribution >= 0.6 is 0 Å². The lowest BCUT2D eigenvalue weighted by atomic mass is 10.2. The van der Waals surface area contributed by atoms with Gasteiger partial charge in [0, 0.05) is 23.9 Å². The average molecular weight is 260 g/mol. The normalized spacial score (nSPS) is 10.1. The number of carboxylic acid groups (broad SMARTS) is 1. The first-order valence-electron chi connectivity index (χ1n) is 5.09. The van der Waals surface area contributed by atoms with E-state index < -0.39 is 10.9 Å². The number of nitro benzene ring substituents is 1. The maximum atomic E-state index is 10.8. The molecule has 8 nitrogen and oxygen atoms in total. The standard InChI is InChI=1S/C11H8N4O4/c12-9-8(11(16)17)5-13-10(14-9)6-1-3-7(4-2-6)15(18)19/h1-5H,(H,16,17)(H2,12,13,14). The van der Waals surface area contributed by atoms with Gasteiger partial charge in [-0.15, -0.1) is 0 Å². The van der Waals surface area contributed by atoms with Crippen LogP contribution in [0.3, 0.4) is 0 Å². The van der Waals surface area contributed by atoms with Gasteiger partial charge in [-0.1, -0.05) is 0 Å². The Morgan fingerprint density at radius 1 is 1.32 bits per heavy atom. The van der Waals surface area contributed by atoms with Gasteiger partial charge in [0.25, 0.3) is 5.69 Å². The number of carboxylic acids is 1. The number of aromatic carboxylic acids is 1. The number of nitrogens with two attached hydrogens (primary N) is 1. The maximum absolute atomic E-state index is 10.8. The van der Waals surface area contributed by atoms with Crippen LogP contribution in [-0.4, -0.2) is 26.0 Å². The zero-order chi connectivity index (χ0) is 14.0. The second-order valence-electron chi connectivity index (χ2n) is 3.60. The van der Waals surface area contributed by atoms with E-state index in [0.717, 1.165) is 6.20 Å². The number of nitrogens with zero attached hydrogens (tertiary/aromatic N) is 3. The second kappa shape index (κ2) is 4.69. The van der Waals surface area contributed by atoms with Crippen molar-refractivity contribution in [3.05, 3.63) is 46.1 Å². The molecule has 0 aliphatic carbocycles. The van der Waals surface area contributed by atoms with Crippen LogP contribution in [0.1, 0.15) is 10.4 Å². The van der Waals surface area contributed by atoms with Crippen LogP contribution in [0.4, 0.5) is 11.5 Å². The molecule has 96 valence electrons. The number of hydrogen-bond acceptors (Lipinski definition) is 6. The fourth-order valence-corrected chi connectivity index (χ4v) is 1.43.